The van der Waals surface area contributed by atoms with Crippen molar-refractivity contribution in [3.8, 4) is 11.5 Å². The third-order valence-electron chi connectivity index (χ3n) is 3.30. The minimum atomic E-state index is -0.258. The second-order valence-electron chi connectivity index (χ2n) is 4.87. The average Bonchev–Trinajstić information content (AvgIpc) is 2.98. The Hall–Kier alpha value is -2.82. The summed E-state index contributed by atoms with van der Waals surface area (Å²) in [7, 11) is 0. The van der Waals surface area contributed by atoms with E-state index in [1.165, 1.54) is 18.3 Å². The number of ketones is 1. The summed E-state index contributed by atoms with van der Waals surface area (Å²) in [4.78, 5) is 12.1. The summed E-state index contributed by atoms with van der Waals surface area (Å²) < 4.78 is 23.6. The maximum absolute atomic E-state index is 13.2. The number of carbonyl (C=O) groups is 1. The first kappa shape index (κ1) is 14.1. The van der Waals surface area contributed by atoms with Gasteiger partial charge in [0.05, 0.1) is 0 Å². The van der Waals surface area contributed by atoms with Crippen LogP contribution >= 0.6 is 0 Å². The molecule has 0 spiro atoms. The molecule has 0 radical (unpaired) electrons. The number of fused-ring (bicyclic) bond motifs is 1. The first-order chi connectivity index (χ1) is 10.6. The molecule has 1 aliphatic heterocycles. The molecule has 0 bridgehead atoms. The molecule has 3 rings (SSSR count). The topological polar surface area (TPSA) is 47.6 Å². The summed E-state index contributed by atoms with van der Waals surface area (Å²) >= 11 is 0. The maximum Gasteiger partial charge on any atom is 0.231 e. The first-order valence-corrected chi connectivity index (χ1v) is 6.77. The number of hydrogen-bond donors (Lipinski definition) is 1. The third-order valence-corrected chi connectivity index (χ3v) is 3.30. The number of hydrogen-bond acceptors (Lipinski definition) is 4. The van der Waals surface area contributed by atoms with Crippen LogP contribution in [0, 0.1) is 12.7 Å². The van der Waals surface area contributed by atoms with Gasteiger partial charge in [0.25, 0.3) is 0 Å². The highest BCUT2D eigenvalue weighted by Crippen LogP contribution is 2.32. The fourth-order valence-electron chi connectivity index (χ4n) is 2.09. The van der Waals surface area contributed by atoms with E-state index in [9.17, 15) is 9.18 Å². The average molecular weight is 299 g/mol. The molecule has 112 valence electrons. The van der Waals surface area contributed by atoms with E-state index in [0.717, 1.165) is 0 Å². The normalized spacial score (nSPS) is 12.6. The van der Waals surface area contributed by atoms with Crippen molar-refractivity contribution in [2.75, 3.05) is 12.1 Å². The van der Waals surface area contributed by atoms with Gasteiger partial charge >= 0.3 is 0 Å². The lowest BCUT2D eigenvalue weighted by Crippen LogP contribution is -1.97. The van der Waals surface area contributed by atoms with Crippen LogP contribution in [0.2, 0.25) is 0 Å². The maximum atomic E-state index is 13.2. The van der Waals surface area contributed by atoms with E-state index in [-0.39, 0.29) is 18.4 Å². The van der Waals surface area contributed by atoms with Crippen LogP contribution < -0.4 is 14.8 Å². The smallest absolute Gasteiger partial charge is 0.231 e. The van der Waals surface area contributed by atoms with E-state index < -0.39 is 0 Å². The van der Waals surface area contributed by atoms with Crippen LogP contribution in [0.3, 0.4) is 0 Å². The van der Waals surface area contributed by atoms with Gasteiger partial charge in [-0.3, -0.25) is 4.79 Å². The van der Waals surface area contributed by atoms with Crippen LogP contribution in [0.1, 0.15) is 15.9 Å². The number of halogens is 1. The van der Waals surface area contributed by atoms with Crippen molar-refractivity contribution < 1.29 is 18.7 Å². The summed E-state index contributed by atoms with van der Waals surface area (Å²) in [5, 5.41) is 2.94. The van der Waals surface area contributed by atoms with Crippen molar-refractivity contribution in [1.82, 2.24) is 0 Å². The molecule has 0 saturated carbocycles. The number of ether oxygens (including phenoxy) is 2. The van der Waals surface area contributed by atoms with Gasteiger partial charge in [-0.2, -0.15) is 0 Å². The second-order valence-corrected chi connectivity index (χ2v) is 4.87. The van der Waals surface area contributed by atoms with Crippen LogP contribution in [0.25, 0.3) is 0 Å². The molecule has 1 aliphatic rings. The lowest BCUT2D eigenvalue weighted by Gasteiger charge is -2.03. The molecule has 0 unspecified atom stereocenters. The number of nitrogens with one attached hydrogen (secondary N) is 1. The van der Waals surface area contributed by atoms with Gasteiger partial charge in [-0.15, -0.1) is 0 Å². The van der Waals surface area contributed by atoms with E-state index in [4.69, 9.17) is 9.47 Å². The summed E-state index contributed by atoms with van der Waals surface area (Å²) in [5.74, 6) is 0.789. The zero-order valence-electron chi connectivity index (χ0n) is 11.9. The summed E-state index contributed by atoms with van der Waals surface area (Å²) in [6, 6.07) is 9.70. The highest BCUT2D eigenvalue weighted by molar-refractivity contribution is 6.05. The first-order valence-electron chi connectivity index (χ1n) is 6.77. The van der Waals surface area contributed by atoms with Gasteiger partial charge in [-0.05, 0) is 48.9 Å². The molecule has 2 aromatic carbocycles. The Morgan fingerprint density at radius 2 is 2.00 bits per heavy atom. The highest BCUT2D eigenvalue weighted by Gasteiger charge is 2.14. The predicted molar refractivity (Wildman–Crippen MR) is 80.8 cm³/mol. The molecule has 5 heteroatoms. The molecule has 0 aromatic heterocycles. The van der Waals surface area contributed by atoms with E-state index >= 15 is 0 Å². The zero-order valence-corrected chi connectivity index (χ0v) is 11.9. The molecule has 1 N–H and O–H groups in total. The zero-order chi connectivity index (χ0) is 15.5. The molecule has 0 aliphatic carbocycles. The fourth-order valence-corrected chi connectivity index (χ4v) is 2.09. The van der Waals surface area contributed by atoms with Crippen LogP contribution in [-0.2, 0) is 0 Å². The molecule has 2 aromatic rings. The molecular formula is C17H14FNO3. The lowest BCUT2D eigenvalue weighted by atomic mass is 10.1. The van der Waals surface area contributed by atoms with Crippen molar-refractivity contribution in [3.63, 3.8) is 0 Å². The second kappa shape index (κ2) is 5.89. The Morgan fingerprint density at radius 1 is 1.18 bits per heavy atom. The predicted octanol–water partition coefficient (Wildman–Crippen LogP) is 3.67. The van der Waals surface area contributed by atoms with Crippen LogP contribution in [-0.4, -0.2) is 12.6 Å². The van der Waals surface area contributed by atoms with Crippen molar-refractivity contribution in [3.05, 3.63) is 65.6 Å². The lowest BCUT2D eigenvalue weighted by molar-refractivity contribution is 0.104. The quantitative estimate of drug-likeness (QED) is 0.691. The van der Waals surface area contributed by atoms with E-state index in [0.29, 0.717) is 28.3 Å². The van der Waals surface area contributed by atoms with E-state index in [2.05, 4.69) is 5.32 Å². The Labute approximate surface area is 127 Å². The van der Waals surface area contributed by atoms with Crippen LogP contribution in [0.4, 0.5) is 10.1 Å². The number of aryl methyl sites for hydroxylation is 1. The van der Waals surface area contributed by atoms with Gasteiger partial charge in [0.15, 0.2) is 17.3 Å². The number of allylic oxidation sites excluding steroid dienone is 1. The minimum Gasteiger partial charge on any atom is -0.454 e. The molecule has 0 fully saturated rings. The molecule has 0 amide bonds. The summed E-state index contributed by atoms with van der Waals surface area (Å²) in [5.41, 5.74) is 1.77. The van der Waals surface area contributed by atoms with Crippen molar-refractivity contribution in [1.29, 1.82) is 0 Å². The van der Waals surface area contributed by atoms with Crippen molar-refractivity contribution >= 4 is 11.5 Å². The van der Waals surface area contributed by atoms with Crippen molar-refractivity contribution in [2.45, 2.75) is 6.92 Å². The Kier molecular flexibility index (Phi) is 3.78. The number of anilines is 1. The van der Waals surface area contributed by atoms with E-state index in [1.54, 1.807) is 37.3 Å². The Bertz CT molecular complexity index is 756. The molecule has 22 heavy (non-hydrogen) atoms. The number of benzene rings is 2. The summed E-state index contributed by atoms with van der Waals surface area (Å²) in [6.07, 6.45) is 2.94. The Morgan fingerprint density at radius 3 is 2.82 bits per heavy atom. The minimum absolute atomic E-state index is 0.162. The van der Waals surface area contributed by atoms with Gasteiger partial charge in [0.1, 0.15) is 5.82 Å². The highest BCUT2D eigenvalue weighted by atomic mass is 19.1. The van der Waals surface area contributed by atoms with Gasteiger partial charge in [-0.1, -0.05) is 0 Å². The molecular weight excluding hydrogens is 285 g/mol. The number of carbonyl (C=O) groups excluding carboxylic acids is 1. The summed E-state index contributed by atoms with van der Waals surface area (Å²) in [6.45, 7) is 1.86. The van der Waals surface area contributed by atoms with Gasteiger partial charge in [-0.25, -0.2) is 4.39 Å². The SMILES string of the molecule is Cc1cc(NC=CC(=O)c2ccc3c(c2)OCO3)ccc1F. The monoisotopic (exact) mass is 299 g/mol. The molecule has 0 saturated heterocycles. The van der Waals surface area contributed by atoms with Gasteiger partial charge < -0.3 is 14.8 Å². The number of rotatable bonds is 4. The Balaban J connectivity index is 1.67. The molecule has 0 atom stereocenters. The van der Waals surface area contributed by atoms with Gasteiger partial charge in [0, 0.05) is 23.5 Å². The molecule has 1 heterocycles. The fraction of sp³-hybridized carbons (Fsp3) is 0.118. The van der Waals surface area contributed by atoms with Gasteiger partial charge in [0.2, 0.25) is 6.79 Å². The third kappa shape index (κ3) is 2.93. The standard InChI is InChI=1S/C17H14FNO3/c1-11-8-13(3-4-14(11)18)19-7-6-15(20)12-2-5-16-17(9-12)22-10-21-16/h2-9,19H,10H2,1H3. The van der Waals surface area contributed by atoms with Crippen LogP contribution in [0.5, 0.6) is 11.5 Å². The molecule has 4 nitrogen and oxygen atoms in total. The largest absolute Gasteiger partial charge is 0.454 e. The van der Waals surface area contributed by atoms with Crippen molar-refractivity contribution in [2.24, 2.45) is 0 Å². The van der Waals surface area contributed by atoms with Crippen LogP contribution in [0.15, 0.2) is 48.7 Å². The van der Waals surface area contributed by atoms with E-state index in [1.807, 2.05) is 0 Å².